The molecule has 13 heavy (non-hydrogen) atoms. The van der Waals surface area contributed by atoms with E-state index in [1.807, 2.05) is 6.07 Å². The number of hydrogen-bond donors (Lipinski definition) is 1. The molecular weight excluding hydrogens is 160 g/mol. The highest BCUT2D eigenvalue weighted by Gasteiger charge is 2.23. The van der Waals surface area contributed by atoms with Crippen molar-refractivity contribution in [3.05, 3.63) is 35.4 Å². The molecule has 1 nitrogen and oxygen atoms in total. The molecule has 72 valence electrons. The summed E-state index contributed by atoms with van der Waals surface area (Å²) in [4.78, 5) is 0. The highest BCUT2D eigenvalue weighted by Crippen LogP contribution is 2.27. The van der Waals surface area contributed by atoms with Crippen LogP contribution in [0.2, 0.25) is 0 Å². The average molecular weight is 178 g/mol. The number of aryl methyl sites for hydroxylation is 1. The molecule has 0 spiro atoms. The number of aliphatic hydroxyl groups is 1. The van der Waals surface area contributed by atoms with Crippen LogP contribution < -0.4 is 0 Å². The normalized spacial score (nSPS) is 15.4. The van der Waals surface area contributed by atoms with Crippen LogP contribution in [0.1, 0.15) is 31.4 Å². The summed E-state index contributed by atoms with van der Waals surface area (Å²) in [6.07, 6.45) is 0.965. The molecule has 1 unspecified atom stereocenters. The van der Waals surface area contributed by atoms with Crippen LogP contribution in [0, 0.1) is 6.92 Å². The van der Waals surface area contributed by atoms with E-state index in [0.717, 1.165) is 6.42 Å². The number of hydrogen-bond acceptors (Lipinski definition) is 1. The van der Waals surface area contributed by atoms with Crippen molar-refractivity contribution in [2.24, 2.45) is 0 Å². The van der Waals surface area contributed by atoms with Gasteiger partial charge in [-0.15, -0.1) is 0 Å². The van der Waals surface area contributed by atoms with Crippen molar-refractivity contribution in [1.29, 1.82) is 0 Å². The van der Waals surface area contributed by atoms with Gasteiger partial charge in [-0.2, -0.15) is 0 Å². The maximum atomic E-state index is 9.33. The van der Waals surface area contributed by atoms with Crippen molar-refractivity contribution in [2.75, 3.05) is 6.61 Å². The van der Waals surface area contributed by atoms with Crippen LogP contribution >= 0.6 is 0 Å². The van der Waals surface area contributed by atoms with Gasteiger partial charge in [-0.05, 0) is 18.9 Å². The second-order valence-corrected chi connectivity index (χ2v) is 3.94. The first kappa shape index (κ1) is 10.3. The van der Waals surface area contributed by atoms with Crippen LogP contribution in [0.4, 0.5) is 0 Å². The molecule has 0 fully saturated rings. The highest BCUT2D eigenvalue weighted by atomic mass is 16.3. The van der Waals surface area contributed by atoms with Crippen LogP contribution in [0.3, 0.4) is 0 Å². The topological polar surface area (TPSA) is 20.2 Å². The minimum atomic E-state index is -0.0774. The van der Waals surface area contributed by atoms with E-state index in [9.17, 15) is 5.11 Å². The monoisotopic (exact) mass is 178 g/mol. The molecule has 0 aromatic heterocycles. The zero-order valence-corrected chi connectivity index (χ0v) is 8.67. The van der Waals surface area contributed by atoms with Crippen LogP contribution in [0.15, 0.2) is 24.3 Å². The highest BCUT2D eigenvalue weighted by molar-refractivity contribution is 5.28. The van der Waals surface area contributed by atoms with Gasteiger partial charge in [0.2, 0.25) is 0 Å². The summed E-state index contributed by atoms with van der Waals surface area (Å²) >= 11 is 0. The molecule has 1 aromatic rings. The smallest absolute Gasteiger partial charge is 0.0525 e. The van der Waals surface area contributed by atoms with Crippen LogP contribution in [0.25, 0.3) is 0 Å². The van der Waals surface area contributed by atoms with Crippen molar-refractivity contribution in [2.45, 2.75) is 32.6 Å². The molecule has 1 N–H and O–H groups in total. The van der Waals surface area contributed by atoms with E-state index in [2.05, 4.69) is 39.0 Å². The third kappa shape index (κ3) is 2.10. The van der Waals surface area contributed by atoms with E-state index in [4.69, 9.17) is 0 Å². The molecule has 0 aliphatic heterocycles. The molecule has 0 heterocycles. The Morgan fingerprint density at radius 2 is 2.08 bits per heavy atom. The predicted octanol–water partition coefficient (Wildman–Crippen LogP) is 2.66. The predicted molar refractivity (Wildman–Crippen MR) is 55.9 cm³/mol. The molecular formula is C12H18O. The summed E-state index contributed by atoms with van der Waals surface area (Å²) in [7, 11) is 0. The molecule has 0 saturated carbocycles. The molecule has 0 radical (unpaired) electrons. The second kappa shape index (κ2) is 3.93. The first-order valence-corrected chi connectivity index (χ1v) is 4.80. The molecule has 1 rings (SSSR count). The van der Waals surface area contributed by atoms with Crippen LogP contribution in [-0.2, 0) is 5.41 Å². The van der Waals surface area contributed by atoms with E-state index in [1.165, 1.54) is 11.1 Å². The largest absolute Gasteiger partial charge is 0.395 e. The van der Waals surface area contributed by atoms with E-state index in [1.54, 1.807) is 0 Å². The third-order valence-corrected chi connectivity index (χ3v) is 2.84. The SMILES string of the molecule is CCC(C)(CO)c1cccc(C)c1. The van der Waals surface area contributed by atoms with Gasteiger partial charge < -0.3 is 5.11 Å². The van der Waals surface area contributed by atoms with Crippen LogP contribution in [-0.4, -0.2) is 11.7 Å². The number of aliphatic hydroxyl groups excluding tert-OH is 1. The Morgan fingerprint density at radius 3 is 2.54 bits per heavy atom. The summed E-state index contributed by atoms with van der Waals surface area (Å²) in [6.45, 7) is 6.50. The Labute approximate surface area is 80.4 Å². The van der Waals surface area contributed by atoms with Gasteiger partial charge in [0, 0.05) is 5.41 Å². The molecule has 0 aliphatic carbocycles. The quantitative estimate of drug-likeness (QED) is 0.754. The molecule has 1 atom stereocenters. The van der Waals surface area contributed by atoms with Crippen molar-refractivity contribution in [1.82, 2.24) is 0 Å². The molecule has 1 heteroatoms. The van der Waals surface area contributed by atoms with Gasteiger partial charge >= 0.3 is 0 Å². The first-order valence-electron chi connectivity index (χ1n) is 4.80. The van der Waals surface area contributed by atoms with E-state index in [0.29, 0.717) is 0 Å². The van der Waals surface area contributed by atoms with Crippen LogP contribution in [0.5, 0.6) is 0 Å². The lowest BCUT2D eigenvalue weighted by Crippen LogP contribution is -2.25. The van der Waals surface area contributed by atoms with Gasteiger partial charge in [0.25, 0.3) is 0 Å². The van der Waals surface area contributed by atoms with Gasteiger partial charge in [0.15, 0.2) is 0 Å². The third-order valence-electron chi connectivity index (χ3n) is 2.84. The Bertz CT molecular complexity index is 274. The molecule has 0 amide bonds. The number of benzene rings is 1. The lowest BCUT2D eigenvalue weighted by molar-refractivity contribution is 0.201. The minimum Gasteiger partial charge on any atom is -0.395 e. The molecule has 0 saturated heterocycles. The summed E-state index contributed by atoms with van der Waals surface area (Å²) in [5.41, 5.74) is 2.41. The zero-order valence-electron chi connectivity index (χ0n) is 8.67. The standard InChI is InChI=1S/C12H18O/c1-4-12(3,9-13)11-7-5-6-10(2)8-11/h5-8,13H,4,9H2,1-3H3. The maximum absolute atomic E-state index is 9.33. The fraction of sp³-hybridized carbons (Fsp3) is 0.500. The van der Waals surface area contributed by atoms with Gasteiger partial charge in [-0.25, -0.2) is 0 Å². The fourth-order valence-corrected chi connectivity index (χ4v) is 1.43. The molecule has 0 aliphatic rings. The Hall–Kier alpha value is -0.820. The van der Waals surface area contributed by atoms with Crippen molar-refractivity contribution in [3.8, 4) is 0 Å². The molecule has 0 bridgehead atoms. The second-order valence-electron chi connectivity index (χ2n) is 3.94. The molecule has 1 aromatic carbocycles. The van der Waals surface area contributed by atoms with Crippen molar-refractivity contribution < 1.29 is 5.11 Å². The Morgan fingerprint density at radius 1 is 1.38 bits per heavy atom. The lowest BCUT2D eigenvalue weighted by Gasteiger charge is -2.26. The van der Waals surface area contributed by atoms with Gasteiger partial charge in [-0.1, -0.05) is 43.7 Å². The average Bonchev–Trinajstić information content (AvgIpc) is 2.17. The van der Waals surface area contributed by atoms with Gasteiger partial charge in [-0.3, -0.25) is 0 Å². The summed E-state index contributed by atoms with van der Waals surface area (Å²) < 4.78 is 0. The lowest BCUT2D eigenvalue weighted by atomic mass is 9.80. The summed E-state index contributed by atoms with van der Waals surface area (Å²) in [6, 6.07) is 8.37. The fourth-order valence-electron chi connectivity index (χ4n) is 1.43. The Balaban J connectivity index is 3.05. The Kier molecular flexibility index (Phi) is 3.10. The van der Waals surface area contributed by atoms with E-state index in [-0.39, 0.29) is 12.0 Å². The number of rotatable bonds is 3. The van der Waals surface area contributed by atoms with Crippen molar-refractivity contribution >= 4 is 0 Å². The van der Waals surface area contributed by atoms with Crippen molar-refractivity contribution in [3.63, 3.8) is 0 Å². The van der Waals surface area contributed by atoms with E-state index < -0.39 is 0 Å². The van der Waals surface area contributed by atoms with E-state index >= 15 is 0 Å². The maximum Gasteiger partial charge on any atom is 0.0525 e. The summed E-state index contributed by atoms with van der Waals surface area (Å²) in [5, 5.41) is 9.33. The summed E-state index contributed by atoms with van der Waals surface area (Å²) in [5.74, 6) is 0. The first-order chi connectivity index (χ1) is 6.12. The van der Waals surface area contributed by atoms with Gasteiger partial charge in [0.05, 0.1) is 6.61 Å². The minimum absolute atomic E-state index is 0.0774. The zero-order chi connectivity index (χ0) is 9.90. The van der Waals surface area contributed by atoms with Gasteiger partial charge in [0.1, 0.15) is 0 Å².